The van der Waals surface area contributed by atoms with E-state index in [4.69, 9.17) is 9.47 Å². The smallest absolute Gasteiger partial charge is 0.311 e. The number of esters is 1. The third-order valence-electron chi connectivity index (χ3n) is 3.72. The topological polar surface area (TPSA) is 35.5 Å². The van der Waals surface area contributed by atoms with E-state index in [0.717, 1.165) is 32.3 Å². The lowest BCUT2D eigenvalue weighted by molar-refractivity contribution is -0.175. The van der Waals surface area contributed by atoms with Crippen LogP contribution in [0.5, 0.6) is 0 Å². The normalized spacial score (nSPS) is 42.4. The lowest BCUT2D eigenvalue weighted by atomic mass is 9.94. The van der Waals surface area contributed by atoms with Crippen LogP contribution in [0.15, 0.2) is 12.2 Å². The Morgan fingerprint density at radius 1 is 1.33 bits per heavy atom. The molecule has 0 spiro atoms. The highest BCUT2D eigenvalue weighted by molar-refractivity contribution is 5.74. The van der Waals surface area contributed by atoms with Gasteiger partial charge in [-0.15, -0.1) is 0 Å². The molecule has 15 heavy (non-hydrogen) atoms. The lowest BCUT2D eigenvalue weighted by Gasteiger charge is -2.19. The van der Waals surface area contributed by atoms with Gasteiger partial charge in [-0.25, -0.2) is 0 Å². The van der Waals surface area contributed by atoms with E-state index in [1.54, 1.807) is 0 Å². The van der Waals surface area contributed by atoms with Gasteiger partial charge in [0.2, 0.25) is 6.29 Å². The Labute approximate surface area is 89.4 Å². The molecule has 1 aliphatic heterocycles. The molecular formula is C12H16O3. The zero-order chi connectivity index (χ0) is 10.3. The zero-order valence-corrected chi connectivity index (χ0v) is 8.72. The molecule has 4 atom stereocenters. The van der Waals surface area contributed by atoms with E-state index in [2.05, 4.69) is 12.2 Å². The summed E-state index contributed by atoms with van der Waals surface area (Å²) in [6.07, 6.45) is 8.14. The minimum atomic E-state index is -0.263. The van der Waals surface area contributed by atoms with Crippen molar-refractivity contribution >= 4 is 5.97 Å². The molecule has 3 heteroatoms. The maximum atomic E-state index is 11.9. The molecule has 3 rings (SSSR count). The molecule has 0 aromatic rings. The molecule has 4 unspecified atom stereocenters. The second-order valence-electron chi connectivity index (χ2n) is 4.77. The third-order valence-corrected chi connectivity index (χ3v) is 3.72. The number of carbonyl (C=O) groups is 1. The van der Waals surface area contributed by atoms with Crippen LogP contribution in [0.4, 0.5) is 0 Å². The van der Waals surface area contributed by atoms with Crippen molar-refractivity contribution in [2.45, 2.75) is 32.0 Å². The SMILES string of the molecule is O=C(OC1CCCO1)C1CC2C=CC1C2. The number of carbonyl (C=O) groups excluding carboxylic acids is 1. The van der Waals surface area contributed by atoms with E-state index in [1.807, 2.05) is 0 Å². The number of allylic oxidation sites excluding steroid dienone is 2. The molecule has 3 nitrogen and oxygen atoms in total. The van der Waals surface area contributed by atoms with Crippen molar-refractivity contribution < 1.29 is 14.3 Å². The Kier molecular flexibility index (Phi) is 2.28. The quantitative estimate of drug-likeness (QED) is 0.513. The number of hydrogen-bond acceptors (Lipinski definition) is 3. The Morgan fingerprint density at radius 2 is 2.27 bits per heavy atom. The van der Waals surface area contributed by atoms with E-state index in [9.17, 15) is 4.79 Å². The maximum Gasteiger partial charge on any atom is 0.311 e. The van der Waals surface area contributed by atoms with Crippen LogP contribution in [-0.2, 0) is 14.3 Å². The van der Waals surface area contributed by atoms with Gasteiger partial charge in [0, 0.05) is 6.42 Å². The second-order valence-corrected chi connectivity index (χ2v) is 4.77. The van der Waals surface area contributed by atoms with Gasteiger partial charge in [0.25, 0.3) is 0 Å². The van der Waals surface area contributed by atoms with Crippen LogP contribution in [0.25, 0.3) is 0 Å². The van der Waals surface area contributed by atoms with Crippen LogP contribution in [0.1, 0.15) is 25.7 Å². The molecule has 2 fully saturated rings. The number of ether oxygens (including phenoxy) is 2. The summed E-state index contributed by atoms with van der Waals surface area (Å²) in [4.78, 5) is 11.9. The predicted molar refractivity (Wildman–Crippen MR) is 53.9 cm³/mol. The van der Waals surface area contributed by atoms with Crippen molar-refractivity contribution in [1.29, 1.82) is 0 Å². The Morgan fingerprint density at radius 3 is 2.87 bits per heavy atom. The lowest BCUT2D eigenvalue weighted by Crippen LogP contribution is -2.26. The number of rotatable bonds is 2. The first-order chi connectivity index (χ1) is 7.33. The number of hydrogen-bond donors (Lipinski definition) is 0. The van der Waals surface area contributed by atoms with Crippen molar-refractivity contribution in [3.8, 4) is 0 Å². The summed E-state index contributed by atoms with van der Waals surface area (Å²) < 4.78 is 10.7. The first-order valence-corrected chi connectivity index (χ1v) is 5.83. The molecule has 1 heterocycles. The first kappa shape index (κ1) is 9.40. The summed E-state index contributed by atoms with van der Waals surface area (Å²) in [5.41, 5.74) is 0. The molecule has 2 aliphatic carbocycles. The highest BCUT2D eigenvalue weighted by atomic mass is 16.7. The first-order valence-electron chi connectivity index (χ1n) is 5.83. The fourth-order valence-electron chi connectivity index (χ4n) is 2.91. The van der Waals surface area contributed by atoms with Gasteiger partial charge >= 0.3 is 5.97 Å². The highest BCUT2D eigenvalue weighted by Gasteiger charge is 2.41. The van der Waals surface area contributed by atoms with E-state index >= 15 is 0 Å². The van der Waals surface area contributed by atoms with Gasteiger partial charge in [0.1, 0.15) is 0 Å². The van der Waals surface area contributed by atoms with Gasteiger partial charge in [0.05, 0.1) is 12.5 Å². The number of fused-ring (bicyclic) bond motifs is 2. The van der Waals surface area contributed by atoms with Crippen LogP contribution in [0.3, 0.4) is 0 Å². The molecule has 0 aromatic carbocycles. The van der Waals surface area contributed by atoms with Crippen molar-refractivity contribution in [1.82, 2.24) is 0 Å². The third kappa shape index (κ3) is 1.69. The van der Waals surface area contributed by atoms with Gasteiger partial charge in [-0.2, -0.15) is 0 Å². The van der Waals surface area contributed by atoms with Crippen LogP contribution in [-0.4, -0.2) is 18.9 Å². The standard InChI is InChI=1S/C12H16O3/c13-12(15-11-2-1-5-14-11)10-7-8-3-4-9(10)6-8/h3-4,8-11H,1-2,5-7H2. The molecule has 82 valence electrons. The molecular weight excluding hydrogens is 192 g/mol. The van der Waals surface area contributed by atoms with E-state index in [1.165, 1.54) is 0 Å². The van der Waals surface area contributed by atoms with Gasteiger partial charge in [-0.3, -0.25) is 4.79 Å². The average Bonchev–Trinajstić information content (AvgIpc) is 2.93. The fourth-order valence-corrected chi connectivity index (χ4v) is 2.91. The summed E-state index contributed by atoms with van der Waals surface area (Å²) in [5, 5.41) is 0. The average molecular weight is 208 g/mol. The van der Waals surface area contributed by atoms with Crippen LogP contribution in [0, 0.1) is 17.8 Å². The molecule has 1 saturated heterocycles. The van der Waals surface area contributed by atoms with Gasteiger partial charge in [0.15, 0.2) is 0 Å². The molecule has 2 bridgehead atoms. The highest BCUT2D eigenvalue weighted by Crippen LogP contribution is 2.44. The summed E-state index contributed by atoms with van der Waals surface area (Å²) >= 11 is 0. The summed E-state index contributed by atoms with van der Waals surface area (Å²) in [6.45, 7) is 0.731. The van der Waals surface area contributed by atoms with Gasteiger partial charge in [-0.05, 0) is 31.1 Å². The molecule has 0 amide bonds. The Hall–Kier alpha value is -0.830. The van der Waals surface area contributed by atoms with Crippen molar-refractivity contribution in [2.24, 2.45) is 17.8 Å². The Bertz CT molecular complexity index is 291. The minimum Gasteiger partial charge on any atom is -0.436 e. The van der Waals surface area contributed by atoms with Crippen molar-refractivity contribution in [3.05, 3.63) is 12.2 Å². The summed E-state index contributed by atoms with van der Waals surface area (Å²) in [7, 11) is 0. The van der Waals surface area contributed by atoms with Crippen LogP contribution in [0.2, 0.25) is 0 Å². The summed E-state index contributed by atoms with van der Waals surface area (Å²) in [6, 6.07) is 0. The van der Waals surface area contributed by atoms with Crippen LogP contribution >= 0.6 is 0 Å². The van der Waals surface area contributed by atoms with Crippen LogP contribution < -0.4 is 0 Å². The fraction of sp³-hybridized carbons (Fsp3) is 0.750. The van der Waals surface area contributed by atoms with Crippen molar-refractivity contribution in [3.63, 3.8) is 0 Å². The Balaban J connectivity index is 1.58. The van der Waals surface area contributed by atoms with Gasteiger partial charge in [-0.1, -0.05) is 12.2 Å². The van der Waals surface area contributed by atoms with Gasteiger partial charge < -0.3 is 9.47 Å². The van der Waals surface area contributed by atoms with E-state index in [0.29, 0.717) is 11.8 Å². The predicted octanol–water partition coefficient (Wildman–Crippen LogP) is 1.88. The second kappa shape index (κ2) is 3.63. The molecule has 0 N–H and O–H groups in total. The monoisotopic (exact) mass is 208 g/mol. The van der Waals surface area contributed by atoms with E-state index < -0.39 is 0 Å². The van der Waals surface area contributed by atoms with E-state index in [-0.39, 0.29) is 18.2 Å². The van der Waals surface area contributed by atoms with Crippen molar-refractivity contribution in [2.75, 3.05) is 6.61 Å². The molecule has 0 aromatic heterocycles. The molecule has 3 aliphatic rings. The summed E-state index contributed by atoms with van der Waals surface area (Å²) in [5.74, 6) is 1.11. The minimum absolute atomic E-state index is 0.0428. The molecule has 0 radical (unpaired) electrons. The molecule has 1 saturated carbocycles. The zero-order valence-electron chi connectivity index (χ0n) is 8.72. The largest absolute Gasteiger partial charge is 0.436 e. The maximum absolute atomic E-state index is 11.9.